The molecule has 0 aliphatic carbocycles. The van der Waals surface area contributed by atoms with Gasteiger partial charge >= 0.3 is 0 Å². The van der Waals surface area contributed by atoms with Crippen LogP contribution in [0.1, 0.15) is 51.8 Å². The van der Waals surface area contributed by atoms with E-state index in [1.54, 1.807) is 18.9 Å². The average molecular weight is 412 g/mol. The predicted molar refractivity (Wildman–Crippen MR) is 115 cm³/mol. The summed E-state index contributed by atoms with van der Waals surface area (Å²) in [7, 11) is -1.27. The molecular weight excluding hydrogens is 386 g/mol. The fourth-order valence-corrected chi connectivity index (χ4v) is 3.74. The SMILES string of the molecule is CC(C)(C)S(=O)/N=C/c1ccc(-c2ncnc3c2ncn3C2CCCCO2)cc1. The Kier molecular flexibility index (Phi) is 5.56. The van der Waals surface area contributed by atoms with Crippen LogP contribution in [0.15, 0.2) is 41.3 Å². The van der Waals surface area contributed by atoms with Crippen LogP contribution in [0.3, 0.4) is 0 Å². The lowest BCUT2D eigenvalue weighted by molar-refractivity contribution is -0.0298. The highest BCUT2D eigenvalue weighted by Gasteiger charge is 2.20. The predicted octanol–water partition coefficient (Wildman–Crippen LogP) is 4.07. The first-order valence-corrected chi connectivity index (χ1v) is 10.9. The van der Waals surface area contributed by atoms with Crippen LogP contribution in [0.25, 0.3) is 22.4 Å². The van der Waals surface area contributed by atoms with Crippen LogP contribution in [0, 0.1) is 0 Å². The Hall–Kier alpha value is -2.45. The molecule has 2 unspecified atom stereocenters. The summed E-state index contributed by atoms with van der Waals surface area (Å²) in [5.74, 6) is 0. The monoisotopic (exact) mass is 411 g/mol. The number of fused-ring (bicyclic) bond motifs is 1. The first kappa shape index (κ1) is 19.8. The van der Waals surface area contributed by atoms with Crippen LogP contribution < -0.4 is 0 Å². The number of hydrogen-bond acceptors (Lipinski definition) is 5. The Balaban J connectivity index is 1.61. The maximum atomic E-state index is 12.1. The molecule has 2 aromatic heterocycles. The molecule has 4 rings (SSSR count). The smallest absolute Gasteiger partial charge is 0.165 e. The number of aromatic nitrogens is 4. The number of rotatable bonds is 4. The van der Waals surface area contributed by atoms with Gasteiger partial charge in [0, 0.05) is 18.4 Å². The lowest BCUT2D eigenvalue weighted by Gasteiger charge is -2.23. The molecule has 29 heavy (non-hydrogen) atoms. The minimum atomic E-state index is -1.27. The van der Waals surface area contributed by atoms with E-state index in [1.807, 2.05) is 49.6 Å². The van der Waals surface area contributed by atoms with Crippen molar-refractivity contribution in [3.63, 3.8) is 0 Å². The zero-order chi connectivity index (χ0) is 20.4. The van der Waals surface area contributed by atoms with Gasteiger partial charge in [-0.05, 0) is 45.6 Å². The molecule has 7 nitrogen and oxygen atoms in total. The minimum absolute atomic E-state index is 0.0150. The second kappa shape index (κ2) is 8.12. The molecule has 1 fully saturated rings. The molecule has 0 saturated carbocycles. The molecule has 1 aliphatic rings. The van der Waals surface area contributed by atoms with E-state index in [1.165, 1.54) is 0 Å². The van der Waals surface area contributed by atoms with Gasteiger partial charge in [0.15, 0.2) is 5.65 Å². The van der Waals surface area contributed by atoms with E-state index < -0.39 is 11.0 Å². The Morgan fingerprint density at radius 3 is 2.66 bits per heavy atom. The van der Waals surface area contributed by atoms with Gasteiger partial charge in [0.1, 0.15) is 34.8 Å². The maximum Gasteiger partial charge on any atom is 0.165 e. The number of nitrogens with zero attached hydrogens (tertiary/aromatic N) is 5. The van der Waals surface area contributed by atoms with E-state index in [0.717, 1.165) is 53.9 Å². The molecule has 8 heteroatoms. The molecule has 0 spiro atoms. The molecule has 2 atom stereocenters. The normalized spacial score (nSPS) is 19.1. The highest BCUT2D eigenvalue weighted by molar-refractivity contribution is 7.85. The minimum Gasteiger partial charge on any atom is -0.358 e. The third kappa shape index (κ3) is 4.28. The van der Waals surface area contributed by atoms with Crippen molar-refractivity contribution < 1.29 is 8.95 Å². The summed E-state index contributed by atoms with van der Waals surface area (Å²) in [6, 6.07) is 7.82. The lowest BCUT2D eigenvalue weighted by atomic mass is 10.1. The van der Waals surface area contributed by atoms with Crippen molar-refractivity contribution in [3.8, 4) is 11.3 Å². The Morgan fingerprint density at radius 2 is 1.97 bits per heavy atom. The van der Waals surface area contributed by atoms with Gasteiger partial charge in [-0.3, -0.25) is 4.57 Å². The van der Waals surface area contributed by atoms with Gasteiger partial charge in [-0.15, -0.1) is 0 Å². The van der Waals surface area contributed by atoms with Gasteiger partial charge < -0.3 is 4.74 Å². The van der Waals surface area contributed by atoms with Crippen molar-refractivity contribution in [2.24, 2.45) is 4.40 Å². The molecule has 0 radical (unpaired) electrons. The van der Waals surface area contributed by atoms with Gasteiger partial charge in [-0.2, -0.15) is 4.40 Å². The number of ether oxygens (including phenoxy) is 1. The van der Waals surface area contributed by atoms with Crippen LogP contribution in [0.2, 0.25) is 0 Å². The van der Waals surface area contributed by atoms with Crippen molar-refractivity contribution in [1.29, 1.82) is 0 Å². The lowest BCUT2D eigenvalue weighted by Crippen LogP contribution is -2.19. The largest absolute Gasteiger partial charge is 0.358 e. The number of hydrogen-bond donors (Lipinski definition) is 0. The van der Waals surface area contributed by atoms with Crippen LogP contribution in [-0.2, 0) is 15.7 Å². The molecule has 0 bridgehead atoms. The van der Waals surface area contributed by atoms with Crippen LogP contribution in [-0.4, -0.2) is 41.3 Å². The molecular formula is C21H25N5O2S. The van der Waals surface area contributed by atoms with Crippen molar-refractivity contribution >= 4 is 28.4 Å². The van der Waals surface area contributed by atoms with Crippen molar-refractivity contribution in [1.82, 2.24) is 19.5 Å². The zero-order valence-corrected chi connectivity index (χ0v) is 17.7. The molecule has 0 amide bonds. The summed E-state index contributed by atoms with van der Waals surface area (Å²) in [5, 5.41) is 0. The van der Waals surface area contributed by atoms with E-state index in [0.29, 0.717) is 0 Å². The fourth-order valence-electron chi connectivity index (χ4n) is 3.21. The summed E-state index contributed by atoms with van der Waals surface area (Å²) in [6.45, 7) is 6.48. The molecule has 1 aromatic carbocycles. The molecule has 0 N–H and O–H groups in total. The highest BCUT2D eigenvalue weighted by atomic mass is 32.2. The molecule has 1 saturated heterocycles. The Morgan fingerprint density at radius 1 is 1.17 bits per heavy atom. The van der Waals surface area contributed by atoms with Gasteiger partial charge in [0.25, 0.3) is 0 Å². The van der Waals surface area contributed by atoms with Gasteiger partial charge in [0.2, 0.25) is 0 Å². The van der Waals surface area contributed by atoms with E-state index >= 15 is 0 Å². The van der Waals surface area contributed by atoms with Gasteiger partial charge in [0.05, 0.1) is 11.1 Å². The van der Waals surface area contributed by atoms with E-state index in [-0.39, 0.29) is 11.0 Å². The Labute approximate surface area is 172 Å². The number of benzene rings is 1. The summed E-state index contributed by atoms with van der Waals surface area (Å²) in [4.78, 5) is 13.5. The van der Waals surface area contributed by atoms with Crippen molar-refractivity contribution in [3.05, 3.63) is 42.5 Å². The molecule has 1 aliphatic heterocycles. The number of imidazole rings is 1. The average Bonchev–Trinajstić information content (AvgIpc) is 3.16. The first-order chi connectivity index (χ1) is 13.9. The van der Waals surface area contributed by atoms with E-state index in [9.17, 15) is 4.21 Å². The highest BCUT2D eigenvalue weighted by Crippen LogP contribution is 2.29. The van der Waals surface area contributed by atoms with Gasteiger partial charge in [-0.1, -0.05) is 24.3 Å². The van der Waals surface area contributed by atoms with Crippen LogP contribution >= 0.6 is 0 Å². The summed E-state index contributed by atoms with van der Waals surface area (Å²) < 4.78 is 23.8. The van der Waals surface area contributed by atoms with E-state index in [4.69, 9.17) is 4.74 Å². The Bertz CT molecular complexity index is 1050. The molecule has 152 valence electrons. The third-order valence-electron chi connectivity index (χ3n) is 4.83. The summed E-state index contributed by atoms with van der Waals surface area (Å²) in [5.41, 5.74) is 4.16. The second-order valence-electron chi connectivity index (χ2n) is 8.09. The summed E-state index contributed by atoms with van der Waals surface area (Å²) >= 11 is 0. The first-order valence-electron chi connectivity index (χ1n) is 9.79. The van der Waals surface area contributed by atoms with E-state index in [2.05, 4.69) is 19.3 Å². The van der Waals surface area contributed by atoms with Crippen LogP contribution in [0.4, 0.5) is 0 Å². The van der Waals surface area contributed by atoms with Gasteiger partial charge in [-0.25, -0.2) is 19.2 Å². The van der Waals surface area contributed by atoms with Crippen LogP contribution in [0.5, 0.6) is 0 Å². The maximum absolute atomic E-state index is 12.1. The zero-order valence-electron chi connectivity index (χ0n) is 16.9. The summed E-state index contributed by atoms with van der Waals surface area (Å²) in [6.07, 6.45) is 8.21. The second-order valence-corrected chi connectivity index (χ2v) is 10.0. The fraction of sp³-hybridized carbons (Fsp3) is 0.429. The van der Waals surface area contributed by atoms with Crippen molar-refractivity contribution in [2.45, 2.75) is 51.0 Å². The topological polar surface area (TPSA) is 82.3 Å². The third-order valence-corrected chi connectivity index (χ3v) is 6.17. The molecule has 3 aromatic rings. The quantitative estimate of drug-likeness (QED) is 0.604. The molecule has 3 heterocycles. The van der Waals surface area contributed by atoms with Crippen molar-refractivity contribution in [2.75, 3.05) is 6.61 Å². The standard InChI is InChI=1S/C21H25N5O2S/c1-21(2,3)29(27)25-12-15-7-9-16(10-8-15)18-19-20(23-13-22-18)26(14-24-19)17-6-4-5-11-28-17/h7-10,12-14,17H,4-6,11H2,1-3H3/b25-12+.